The van der Waals surface area contributed by atoms with Gasteiger partial charge in [-0.3, -0.25) is 0 Å². The Morgan fingerprint density at radius 3 is 2.87 bits per heavy atom. The van der Waals surface area contributed by atoms with Crippen molar-refractivity contribution in [1.82, 2.24) is 0 Å². The minimum Gasteiger partial charge on any atom is -0.508 e. The van der Waals surface area contributed by atoms with E-state index in [0.717, 1.165) is 18.4 Å². The number of phenols is 1. The molecule has 1 aromatic rings. The summed E-state index contributed by atoms with van der Waals surface area (Å²) in [6.45, 7) is 1.70. The number of fused-ring (bicyclic) bond motifs is 1. The minimum atomic E-state index is 0.257. The molecule has 0 amide bonds. The van der Waals surface area contributed by atoms with Crippen LogP contribution in [0.4, 0.5) is 0 Å². The molecule has 1 heterocycles. The first-order valence-corrected chi connectivity index (χ1v) is 5.13. The summed E-state index contributed by atoms with van der Waals surface area (Å²) in [4.78, 5) is 0. The normalized spacial score (nSPS) is 13.9. The summed E-state index contributed by atoms with van der Waals surface area (Å²) in [6, 6.07) is 3.37. The second-order valence-electron chi connectivity index (χ2n) is 3.48. The average Bonchev–Trinajstić information content (AvgIpc) is 2.28. The lowest BCUT2D eigenvalue weighted by atomic mass is 10.1. The van der Waals surface area contributed by atoms with Crippen LogP contribution in [-0.4, -0.2) is 24.9 Å². The van der Waals surface area contributed by atoms with Crippen molar-refractivity contribution >= 4 is 0 Å². The van der Waals surface area contributed by atoms with Gasteiger partial charge in [0.05, 0.1) is 0 Å². The van der Waals surface area contributed by atoms with Crippen molar-refractivity contribution < 1.29 is 14.6 Å². The number of hydrogen-bond acceptors (Lipinski definition) is 4. The highest BCUT2D eigenvalue weighted by Crippen LogP contribution is 2.39. The van der Waals surface area contributed by atoms with E-state index in [1.807, 2.05) is 0 Å². The zero-order chi connectivity index (χ0) is 10.7. The minimum absolute atomic E-state index is 0.257. The summed E-state index contributed by atoms with van der Waals surface area (Å²) in [6.07, 6.45) is 1.54. The number of rotatable bonds is 3. The molecule has 0 spiro atoms. The van der Waals surface area contributed by atoms with E-state index in [4.69, 9.17) is 15.2 Å². The quantitative estimate of drug-likeness (QED) is 0.781. The standard InChI is InChI=1S/C11H15NO3/c12-5-1-2-8-9(13)3-4-10-11(8)15-7-6-14-10/h3-4,13H,1-2,5-7,12H2. The predicted octanol–water partition coefficient (Wildman–Crippen LogP) is 1.05. The van der Waals surface area contributed by atoms with Crippen molar-refractivity contribution in [2.45, 2.75) is 12.8 Å². The molecular weight excluding hydrogens is 194 g/mol. The van der Waals surface area contributed by atoms with E-state index in [1.54, 1.807) is 12.1 Å². The Hall–Kier alpha value is -1.42. The Balaban J connectivity index is 2.32. The molecular formula is C11H15NO3. The topological polar surface area (TPSA) is 64.7 Å². The van der Waals surface area contributed by atoms with Crippen LogP contribution in [0.5, 0.6) is 17.2 Å². The summed E-state index contributed by atoms with van der Waals surface area (Å²) in [7, 11) is 0. The van der Waals surface area contributed by atoms with Crippen LogP contribution in [0, 0.1) is 0 Å². The van der Waals surface area contributed by atoms with Crippen molar-refractivity contribution in [3.63, 3.8) is 0 Å². The fourth-order valence-electron chi connectivity index (χ4n) is 1.68. The number of nitrogens with two attached hydrogens (primary N) is 1. The Morgan fingerprint density at radius 2 is 2.07 bits per heavy atom. The van der Waals surface area contributed by atoms with Crippen LogP contribution in [-0.2, 0) is 6.42 Å². The lowest BCUT2D eigenvalue weighted by molar-refractivity contribution is 0.169. The van der Waals surface area contributed by atoms with E-state index >= 15 is 0 Å². The molecule has 1 aliphatic rings. The van der Waals surface area contributed by atoms with Crippen LogP contribution in [0.25, 0.3) is 0 Å². The third-order valence-corrected chi connectivity index (χ3v) is 2.42. The second-order valence-corrected chi connectivity index (χ2v) is 3.48. The molecule has 82 valence electrons. The number of hydrogen-bond donors (Lipinski definition) is 2. The Bertz CT molecular complexity index is 352. The van der Waals surface area contributed by atoms with Crippen molar-refractivity contribution in [3.05, 3.63) is 17.7 Å². The number of benzene rings is 1. The van der Waals surface area contributed by atoms with Gasteiger partial charge >= 0.3 is 0 Å². The van der Waals surface area contributed by atoms with Gasteiger partial charge in [0, 0.05) is 5.56 Å². The number of ether oxygens (including phenoxy) is 2. The molecule has 0 saturated heterocycles. The lowest BCUT2D eigenvalue weighted by Gasteiger charge is -2.21. The van der Waals surface area contributed by atoms with Crippen molar-refractivity contribution in [1.29, 1.82) is 0 Å². The molecule has 0 bridgehead atoms. The van der Waals surface area contributed by atoms with Gasteiger partial charge in [0.15, 0.2) is 11.5 Å². The Kier molecular flexibility index (Phi) is 2.97. The van der Waals surface area contributed by atoms with E-state index in [0.29, 0.717) is 31.3 Å². The molecule has 1 aromatic carbocycles. The van der Waals surface area contributed by atoms with Crippen molar-refractivity contribution in [2.75, 3.05) is 19.8 Å². The highest BCUT2D eigenvalue weighted by atomic mass is 16.6. The van der Waals surface area contributed by atoms with E-state index in [2.05, 4.69) is 0 Å². The first-order valence-electron chi connectivity index (χ1n) is 5.13. The van der Waals surface area contributed by atoms with Crippen LogP contribution in [0.3, 0.4) is 0 Å². The van der Waals surface area contributed by atoms with Gasteiger partial charge in [-0.2, -0.15) is 0 Å². The van der Waals surface area contributed by atoms with Crippen LogP contribution in [0.2, 0.25) is 0 Å². The SMILES string of the molecule is NCCCc1c(O)ccc2c1OCCO2. The summed E-state index contributed by atoms with van der Waals surface area (Å²) in [5.74, 6) is 1.65. The zero-order valence-corrected chi connectivity index (χ0v) is 8.53. The maximum absolute atomic E-state index is 9.72. The number of aromatic hydroxyl groups is 1. The Morgan fingerprint density at radius 1 is 1.27 bits per heavy atom. The molecule has 15 heavy (non-hydrogen) atoms. The van der Waals surface area contributed by atoms with Gasteiger partial charge in [-0.25, -0.2) is 0 Å². The molecule has 0 aromatic heterocycles. The molecule has 1 aliphatic heterocycles. The van der Waals surface area contributed by atoms with E-state index in [9.17, 15) is 5.11 Å². The fraction of sp³-hybridized carbons (Fsp3) is 0.455. The summed E-state index contributed by atoms with van der Waals surface area (Å²) < 4.78 is 10.9. The smallest absolute Gasteiger partial charge is 0.168 e. The first kappa shape index (κ1) is 10.1. The van der Waals surface area contributed by atoms with Crippen LogP contribution < -0.4 is 15.2 Å². The molecule has 0 radical (unpaired) electrons. The lowest BCUT2D eigenvalue weighted by Crippen LogP contribution is -2.16. The average molecular weight is 209 g/mol. The third kappa shape index (κ3) is 1.99. The van der Waals surface area contributed by atoms with Gasteiger partial charge in [0.25, 0.3) is 0 Å². The van der Waals surface area contributed by atoms with Crippen molar-refractivity contribution in [2.24, 2.45) is 5.73 Å². The summed E-state index contributed by atoms with van der Waals surface area (Å²) in [5.41, 5.74) is 6.25. The van der Waals surface area contributed by atoms with Gasteiger partial charge in [-0.05, 0) is 31.5 Å². The van der Waals surface area contributed by atoms with Gasteiger partial charge in [0.2, 0.25) is 0 Å². The van der Waals surface area contributed by atoms with Crippen LogP contribution in [0.1, 0.15) is 12.0 Å². The Labute approximate surface area is 88.6 Å². The maximum Gasteiger partial charge on any atom is 0.168 e. The molecule has 4 heteroatoms. The van der Waals surface area contributed by atoms with Gasteiger partial charge < -0.3 is 20.3 Å². The predicted molar refractivity (Wildman–Crippen MR) is 56.5 cm³/mol. The molecule has 4 nitrogen and oxygen atoms in total. The molecule has 3 N–H and O–H groups in total. The summed E-state index contributed by atoms with van der Waals surface area (Å²) in [5, 5.41) is 9.72. The fourth-order valence-corrected chi connectivity index (χ4v) is 1.68. The molecule has 0 saturated carbocycles. The summed E-state index contributed by atoms with van der Waals surface area (Å²) >= 11 is 0. The highest BCUT2D eigenvalue weighted by molar-refractivity contribution is 5.54. The highest BCUT2D eigenvalue weighted by Gasteiger charge is 2.18. The van der Waals surface area contributed by atoms with E-state index in [1.165, 1.54) is 0 Å². The van der Waals surface area contributed by atoms with Gasteiger partial charge in [0.1, 0.15) is 19.0 Å². The van der Waals surface area contributed by atoms with E-state index in [-0.39, 0.29) is 5.75 Å². The molecule has 0 unspecified atom stereocenters. The van der Waals surface area contributed by atoms with Crippen LogP contribution >= 0.6 is 0 Å². The number of phenolic OH excluding ortho intramolecular Hbond substituents is 1. The second kappa shape index (κ2) is 4.40. The largest absolute Gasteiger partial charge is 0.508 e. The first-order chi connectivity index (χ1) is 7.33. The van der Waals surface area contributed by atoms with Gasteiger partial charge in [-0.1, -0.05) is 0 Å². The van der Waals surface area contributed by atoms with Crippen LogP contribution in [0.15, 0.2) is 12.1 Å². The zero-order valence-electron chi connectivity index (χ0n) is 8.53. The molecule has 0 fully saturated rings. The van der Waals surface area contributed by atoms with Gasteiger partial charge in [-0.15, -0.1) is 0 Å². The van der Waals surface area contributed by atoms with E-state index < -0.39 is 0 Å². The third-order valence-electron chi connectivity index (χ3n) is 2.42. The monoisotopic (exact) mass is 209 g/mol. The molecule has 0 aliphatic carbocycles. The molecule has 0 atom stereocenters. The molecule has 2 rings (SSSR count). The maximum atomic E-state index is 9.72. The van der Waals surface area contributed by atoms with Crippen molar-refractivity contribution in [3.8, 4) is 17.2 Å².